The molecule has 0 unspecified atom stereocenters. The van der Waals surface area contributed by atoms with Gasteiger partial charge in [0.1, 0.15) is 13.2 Å². The van der Waals surface area contributed by atoms with Gasteiger partial charge in [0.15, 0.2) is 11.5 Å². The molecule has 0 aromatic heterocycles. The van der Waals surface area contributed by atoms with E-state index in [-0.39, 0.29) is 23.9 Å². The van der Waals surface area contributed by atoms with E-state index in [0.717, 1.165) is 0 Å². The summed E-state index contributed by atoms with van der Waals surface area (Å²) in [5.74, 6) is -0.943. The molecular formula is C14H17NO6S. The van der Waals surface area contributed by atoms with E-state index in [9.17, 15) is 13.2 Å². The first kappa shape index (κ1) is 15.1. The molecule has 22 heavy (non-hydrogen) atoms. The molecule has 7 nitrogen and oxygen atoms in total. The zero-order valence-electron chi connectivity index (χ0n) is 12.1. The lowest BCUT2D eigenvalue weighted by Gasteiger charge is -2.21. The number of aliphatic carboxylic acids is 1. The predicted molar refractivity (Wildman–Crippen MR) is 76.5 cm³/mol. The third kappa shape index (κ3) is 2.52. The van der Waals surface area contributed by atoms with Crippen LogP contribution in [-0.4, -0.2) is 50.1 Å². The van der Waals surface area contributed by atoms with Crippen LogP contribution in [0.3, 0.4) is 0 Å². The van der Waals surface area contributed by atoms with Crippen molar-refractivity contribution in [1.82, 2.24) is 4.31 Å². The highest BCUT2D eigenvalue weighted by atomic mass is 32.2. The van der Waals surface area contributed by atoms with Crippen molar-refractivity contribution in [2.75, 3.05) is 26.3 Å². The van der Waals surface area contributed by atoms with E-state index >= 15 is 0 Å². The molecule has 3 rings (SSSR count). The molecule has 120 valence electrons. The number of benzene rings is 1. The number of rotatable bonds is 3. The van der Waals surface area contributed by atoms with E-state index in [1.165, 1.54) is 16.4 Å². The van der Waals surface area contributed by atoms with Gasteiger partial charge in [-0.05, 0) is 18.1 Å². The Kier molecular flexibility index (Phi) is 3.73. The molecule has 1 fully saturated rings. The minimum absolute atomic E-state index is 0.00667. The average Bonchev–Trinajstić information content (AvgIpc) is 2.89. The first-order chi connectivity index (χ1) is 10.4. The van der Waals surface area contributed by atoms with Crippen LogP contribution in [0.1, 0.15) is 6.92 Å². The van der Waals surface area contributed by atoms with Crippen LogP contribution in [0.15, 0.2) is 23.1 Å². The summed E-state index contributed by atoms with van der Waals surface area (Å²) in [6.07, 6.45) is 0. The van der Waals surface area contributed by atoms with Crippen LogP contribution < -0.4 is 9.47 Å². The van der Waals surface area contributed by atoms with Gasteiger partial charge in [-0.3, -0.25) is 4.79 Å². The number of hydrogen-bond donors (Lipinski definition) is 1. The molecule has 1 saturated heterocycles. The number of carbonyl (C=O) groups is 1. The van der Waals surface area contributed by atoms with E-state index in [1.54, 1.807) is 13.0 Å². The fourth-order valence-electron chi connectivity index (χ4n) is 2.77. The second-order valence-electron chi connectivity index (χ2n) is 5.55. The molecule has 0 aliphatic carbocycles. The molecule has 2 atom stereocenters. The number of carboxylic acid groups (broad SMARTS) is 1. The molecule has 0 amide bonds. The number of fused-ring (bicyclic) bond motifs is 1. The summed E-state index contributed by atoms with van der Waals surface area (Å²) >= 11 is 0. The zero-order valence-corrected chi connectivity index (χ0v) is 12.9. The Morgan fingerprint density at radius 1 is 1.23 bits per heavy atom. The Labute approximate surface area is 128 Å². The van der Waals surface area contributed by atoms with E-state index in [0.29, 0.717) is 24.7 Å². The van der Waals surface area contributed by atoms with Crippen LogP contribution in [0.2, 0.25) is 0 Å². The average molecular weight is 327 g/mol. The standard InChI is InChI=1S/C14H17NO6S/c1-9-7-15(8-11(9)14(16)17)22(18,19)10-2-3-12-13(6-10)21-5-4-20-12/h2-3,6,9,11H,4-5,7-8H2,1H3,(H,16,17)/t9-,11-/m1/s1. The van der Waals surface area contributed by atoms with Gasteiger partial charge in [-0.25, -0.2) is 8.42 Å². The number of sulfonamides is 1. The number of ether oxygens (including phenoxy) is 2. The number of nitrogens with zero attached hydrogens (tertiary/aromatic N) is 1. The summed E-state index contributed by atoms with van der Waals surface area (Å²) in [5.41, 5.74) is 0. The molecular weight excluding hydrogens is 310 g/mol. The van der Waals surface area contributed by atoms with Crippen molar-refractivity contribution < 1.29 is 27.8 Å². The number of carboxylic acids is 1. The third-order valence-electron chi connectivity index (χ3n) is 4.05. The van der Waals surface area contributed by atoms with Gasteiger partial charge in [0.05, 0.1) is 10.8 Å². The SMILES string of the molecule is C[C@@H]1CN(S(=O)(=O)c2ccc3c(c2)OCCO3)C[C@H]1C(=O)O. The van der Waals surface area contributed by atoms with Gasteiger partial charge in [-0.2, -0.15) is 4.31 Å². The topological polar surface area (TPSA) is 93.1 Å². The molecule has 2 aliphatic heterocycles. The Bertz CT molecular complexity index is 701. The maximum absolute atomic E-state index is 12.7. The van der Waals surface area contributed by atoms with Crippen LogP contribution in [0.25, 0.3) is 0 Å². The number of hydrogen-bond acceptors (Lipinski definition) is 5. The van der Waals surface area contributed by atoms with Crippen molar-refractivity contribution in [2.24, 2.45) is 11.8 Å². The highest BCUT2D eigenvalue weighted by molar-refractivity contribution is 7.89. The highest BCUT2D eigenvalue weighted by Crippen LogP contribution is 2.35. The van der Waals surface area contributed by atoms with Crippen LogP contribution in [-0.2, 0) is 14.8 Å². The summed E-state index contributed by atoms with van der Waals surface area (Å²) in [5, 5.41) is 9.14. The fourth-order valence-corrected chi connectivity index (χ4v) is 4.36. The highest BCUT2D eigenvalue weighted by Gasteiger charge is 2.40. The lowest BCUT2D eigenvalue weighted by atomic mass is 9.99. The molecule has 2 heterocycles. The van der Waals surface area contributed by atoms with Gasteiger partial charge in [-0.15, -0.1) is 0 Å². The van der Waals surface area contributed by atoms with Crippen molar-refractivity contribution in [1.29, 1.82) is 0 Å². The Morgan fingerprint density at radius 2 is 1.91 bits per heavy atom. The first-order valence-corrected chi connectivity index (χ1v) is 8.46. The van der Waals surface area contributed by atoms with Gasteiger partial charge in [-0.1, -0.05) is 6.92 Å². The Morgan fingerprint density at radius 3 is 2.55 bits per heavy atom. The van der Waals surface area contributed by atoms with Crippen LogP contribution in [0.4, 0.5) is 0 Å². The Balaban J connectivity index is 1.89. The quantitative estimate of drug-likeness (QED) is 0.882. The van der Waals surface area contributed by atoms with Crippen molar-refractivity contribution in [3.05, 3.63) is 18.2 Å². The van der Waals surface area contributed by atoms with Crippen molar-refractivity contribution >= 4 is 16.0 Å². The minimum Gasteiger partial charge on any atom is -0.486 e. The van der Waals surface area contributed by atoms with Crippen molar-refractivity contribution in [3.63, 3.8) is 0 Å². The van der Waals surface area contributed by atoms with Crippen LogP contribution in [0.5, 0.6) is 11.5 Å². The van der Waals surface area contributed by atoms with Crippen molar-refractivity contribution in [3.8, 4) is 11.5 Å². The third-order valence-corrected chi connectivity index (χ3v) is 5.88. The van der Waals surface area contributed by atoms with Gasteiger partial charge in [0.25, 0.3) is 0 Å². The van der Waals surface area contributed by atoms with Gasteiger partial charge in [0.2, 0.25) is 10.0 Å². The molecule has 8 heteroatoms. The molecule has 0 bridgehead atoms. The molecule has 0 radical (unpaired) electrons. The van der Waals surface area contributed by atoms with E-state index in [1.807, 2.05) is 0 Å². The molecule has 0 saturated carbocycles. The summed E-state index contributed by atoms with van der Waals surface area (Å²) in [7, 11) is -3.74. The van der Waals surface area contributed by atoms with Crippen LogP contribution >= 0.6 is 0 Å². The molecule has 1 aromatic rings. The van der Waals surface area contributed by atoms with Crippen LogP contribution in [0, 0.1) is 11.8 Å². The zero-order chi connectivity index (χ0) is 15.9. The van der Waals surface area contributed by atoms with Crippen molar-refractivity contribution in [2.45, 2.75) is 11.8 Å². The molecule has 1 aromatic carbocycles. The minimum atomic E-state index is -3.74. The largest absolute Gasteiger partial charge is 0.486 e. The molecule has 1 N–H and O–H groups in total. The lowest BCUT2D eigenvalue weighted by Crippen LogP contribution is -2.30. The smallest absolute Gasteiger partial charge is 0.308 e. The fraction of sp³-hybridized carbons (Fsp3) is 0.500. The first-order valence-electron chi connectivity index (χ1n) is 7.02. The summed E-state index contributed by atoms with van der Waals surface area (Å²) in [6.45, 7) is 2.75. The second kappa shape index (κ2) is 5.44. The maximum Gasteiger partial charge on any atom is 0.308 e. The second-order valence-corrected chi connectivity index (χ2v) is 7.49. The predicted octanol–water partition coefficient (Wildman–Crippen LogP) is 0.799. The normalized spacial score (nSPS) is 25.1. The van der Waals surface area contributed by atoms with Gasteiger partial charge >= 0.3 is 5.97 Å². The van der Waals surface area contributed by atoms with E-state index < -0.39 is 21.9 Å². The van der Waals surface area contributed by atoms with Gasteiger partial charge in [0, 0.05) is 19.2 Å². The molecule has 0 spiro atoms. The van der Waals surface area contributed by atoms with E-state index in [4.69, 9.17) is 14.6 Å². The summed E-state index contributed by atoms with van der Waals surface area (Å²) < 4.78 is 37.3. The molecule has 2 aliphatic rings. The Hall–Kier alpha value is -1.80. The summed E-state index contributed by atoms with van der Waals surface area (Å²) in [6, 6.07) is 4.46. The maximum atomic E-state index is 12.7. The van der Waals surface area contributed by atoms with Gasteiger partial charge < -0.3 is 14.6 Å². The summed E-state index contributed by atoms with van der Waals surface area (Å²) in [4.78, 5) is 11.2. The monoisotopic (exact) mass is 327 g/mol. The lowest BCUT2D eigenvalue weighted by molar-refractivity contribution is -0.142. The van der Waals surface area contributed by atoms with E-state index in [2.05, 4.69) is 0 Å².